The minimum Gasteiger partial charge on any atom is -0.310 e. The Balaban J connectivity index is 2.58. The number of nitrogens with one attached hydrogen (secondary N) is 1. The summed E-state index contributed by atoms with van der Waals surface area (Å²) in [4.78, 5) is 0. The third kappa shape index (κ3) is 4.64. The van der Waals surface area contributed by atoms with Crippen molar-refractivity contribution < 1.29 is 4.39 Å². The molecule has 1 aromatic carbocycles. The molecule has 0 amide bonds. The molecule has 3 heteroatoms. The predicted octanol–water partition coefficient (Wildman–Crippen LogP) is 4.54. The van der Waals surface area contributed by atoms with Crippen molar-refractivity contribution in [3.63, 3.8) is 0 Å². The number of halogens is 2. The van der Waals surface area contributed by atoms with E-state index in [1.54, 1.807) is 12.1 Å². The minimum atomic E-state index is -0.225. The summed E-state index contributed by atoms with van der Waals surface area (Å²) in [6, 6.07) is 5.28. The van der Waals surface area contributed by atoms with Crippen molar-refractivity contribution in [2.45, 2.75) is 52.1 Å². The highest BCUT2D eigenvalue weighted by molar-refractivity contribution is 6.31. The summed E-state index contributed by atoms with van der Waals surface area (Å²) < 4.78 is 13.5. The van der Waals surface area contributed by atoms with Gasteiger partial charge in [0.25, 0.3) is 0 Å². The molecule has 17 heavy (non-hydrogen) atoms. The summed E-state index contributed by atoms with van der Waals surface area (Å²) in [6.45, 7) is 4.84. The molecule has 1 aromatic rings. The van der Waals surface area contributed by atoms with Gasteiger partial charge in [-0.3, -0.25) is 0 Å². The smallest absolute Gasteiger partial charge is 0.129 e. The van der Waals surface area contributed by atoms with Gasteiger partial charge in [-0.15, -0.1) is 0 Å². The van der Waals surface area contributed by atoms with Gasteiger partial charge in [-0.25, -0.2) is 4.39 Å². The van der Waals surface area contributed by atoms with Gasteiger partial charge < -0.3 is 5.32 Å². The Bertz CT molecular complexity index is 315. The molecule has 1 N–H and O–H groups in total. The van der Waals surface area contributed by atoms with Gasteiger partial charge >= 0.3 is 0 Å². The maximum absolute atomic E-state index is 13.5. The predicted molar refractivity (Wildman–Crippen MR) is 71.9 cm³/mol. The first-order valence-corrected chi connectivity index (χ1v) is 6.73. The van der Waals surface area contributed by atoms with E-state index in [1.165, 1.54) is 6.07 Å². The first-order valence-electron chi connectivity index (χ1n) is 6.35. The van der Waals surface area contributed by atoms with Crippen molar-refractivity contribution in [2.24, 2.45) is 0 Å². The molecule has 0 aliphatic rings. The van der Waals surface area contributed by atoms with E-state index in [2.05, 4.69) is 19.2 Å². The van der Waals surface area contributed by atoms with Crippen molar-refractivity contribution in [2.75, 3.05) is 0 Å². The summed E-state index contributed by atoms with van der Waals surface area (Å²) in [5.74, 6) is -0.225. The molecule has 0 atom stereocenters. The molecule has 0 spiro atoms. The zero-order valence-corrected chi connectivity index (χ0v) is 11.4. The van der Waals surface area contributed by atoms with Crippen LogP contribution in [-0.2, 0) is 6.54 Å². The SMILES string of the molecule is CCCC(CCC)NCc1c(F)cccc1Cl. The van der Waals surface area contributed by atoms with Crippen LogP contribution >= 0.6 is 11.6 Å². The van der Waals surface area contributed by atoms with Gasteiger partial charge in [0.15, 0.2) is 0 Å². The van der Waals surface area contributed by atoms with E-state index in [0.717, 1.165) is 25.7 Å². The van der Waals surface area contributed by atoms with Crippen molar-refractivity contribution in [3.8, 4) is 0 Å². The number of rotatable bonds is 7. The lowest BCUT2D eigenvalue weighted by Gasteiger charge is -2.18. The summed E-state index contributed by atoms with van der Waals surface area (Å²) >= 11 is 5.99. The van der Waals surface area contributed by atoms with Gasteiger partial charge in [-0.1, -0.05) is 44.4 Å². The molecule has 0 radical (unpaired) electrons. The third-order valence-electron chi connectivity index (χ3n) is 2.90. The molecule has 0 aliphatic heterocycles. The lowest BCUT2D eigenvalue weighted by molar-refractivity contribution is 0.438. The van der Waals surface area contributed by atoms with Crippen LogP contribution in [-0.4, -0.2) is 6.04 Å². The molecule has 0 bridgehead atoms. The standard InChI is InChI=1S/C14H21ClFN/c1-3-6-11(7-4-2)17-10-12-13(15)8-5-9-14(12)16/h5,8-9,11,17H,3-4,6-7,10H2,1-2H3. The molecule has 96 valence electrons. The van der Waals surface area contributed by atoms with E-state index >= 15 is 0 Å². The van der Waals surface area contributed by atoms with E-state index in [1.807, 2.05) is 0 Å². The largest absolute Gasteiger partial charge is 0.310 e. The maximum atomic E-state index is 13.5. The highest BCUT2D eigenvalue weighted by atomic mass is 35.5. The lowest BCUT2D eigenvalue weighted by Crippen LogP contribution is -2.28. The Morgan fingerprint density at radius 1 is 1.24 bits per heavy atom. The molecular weight excluding hydrogens is 237 g/mol. The molecule has 1 rings (SSSR count). The highest BCUT2D eigenvalue weighted by Crippen LogP contribution is 2.19. The number of hydrogen-bond donors (Lipinski definition) is 1. The van der Waals surface area contributed by atoms with Crippen LogP contribution in [0.25, 0.3) is 0 Å². The van der Waals surface area contributed by atoms with Gasteiger partial charge in [-0.05, 0) is 25.0 Å². The van der Waals surface area contributed by atoms with Crippen LogP contribution in [0.4, 0.5) is 4.39 Å². The van der Waals surface area contributed by atoms with Gasteiger partial charge in [0.2, 0.25) is 0 Å². The fourth-order valence-electron chi connectivity index (χ4n) is 1.99. The van der Waals surface area contributed by atoms with Crippen LogP contribution in [0, 0.1) is 5.82 Å². The van der Waals surface area contributed by atoms with Gasteiger partial charge in [0.1, 0.15) is 5.82 Å². The fourth-order valence-corrected chi connectivity index (χ4v) is 2.22. The van der Waals surface area contributed by atoms with Crippen LogP contribution in [0.3, 0.4) is 0 Å². The Labute approximate surface area is 108 Å². The van der Waals surface area contributed by atoms with Gasteiger partial charge in [0.05, 0.1) is 0 Å². The average molecular weight is 258 g/mol. The average Bonchev–Trinajstić information content (AvgIpc) is 2.29. The topological polar surface area (TPSA) is 12.0 Å². The minimum absolute atomic E-state index is 0.225. The van der Waals surface area contributed by atoms with E-state index in [9.17, 15) is 4.39 Å². The monoisotopic (exact) mass is 257 g/mol. The quantitative estimate of drug-likeness (QED) is 0.756. The molecule has 1 nitrogen and oxygen atoms in total. The van der Waals surface area contributed by atoms with Crippen molar-refractivity contribution in [3.05, 3.63) is 34.6 Å². The molecule has 0 saturated carbocycles. The van der Waals surface area contributed by atoms with Crippen molar-refractivity contribution in [1.29, 1.82) is 0 Å². The zero-order valence-electron chi connectivity index (χ0n) is 10.6. The normalized spacial score (nSPS) is 11.1. The van der Waals surface area contributed by atoms with Crippen molar-refractivity contribution in [1.82, 2.24) is 5.32 Å². The number of benzene rings is 1. The molecule has 0 saturated heterocycles. The first-order chi connectivity index (χ1) is 8.19. The Hall–Kier alpha value is -0.600. The molecule has 0 heterocycles. The Morgan fingerprint density at radius 3 is 2.41 bits per heavy atom. The van der Waals surface area contributed by atoms with Crippen LogP contribution in [0.1, 0.15) is 45.1 Å². The van der Waals surface area contributed by atoms with Crippen molar-refractivity contribution >= 4 is 11.6 Å². The second kappa shape index (κ2) is 7.67. The second-order valence-corrected chi connectivity index (χ2v) is 4.76. The molecule has 0 aliphatic carbocycles. The second-order valence-electron chi connectivity index (χ2n) is 4.36. The zero-order chi connectivity index (χ0) is 12.7. The summed E-state index contributed by atoms with van der Waals surface area (Å²) in [6.07, 6.45) is 4.53. The van der Waals surface area contributed by atoms with E-state index in [0.29, 0.717) is 23.2 Å². The lowest BCUT2D eigenvalue weighted by atomic mass is 10.1. The molecular formula is C14H21ClFN. The highest BCUT2D eigenvalue weighted by Gasteiger charge is 2.10. The number of hydrogen-bond acceptors (Lipinski definition) is 1. The van der Waals surface area contributed by atoms with E-state index in [-0.39, 0.29) is 5.82 Å². The maximum Gasteiger partial charge on any atom is 0.129 e. The Morgan fingerprint density at radius 2 is 1.88 bits per heavy atom. The van der Waals surface area contributed by atoms with Crippen LogP contribution in [0.5, 0.6) is 0 Å². The Kier molecular flexibility index (Phi) is 6.53. The molecule has 0 unspecified atom stereocenters. The van der Waals surface area contributed by atoms with E-state index < -0.39 is 0 Å². The molecule has 0 aromatic heterocycles. The first kappa shape index (κ1) is 14.5. The summed E-state index contributed by atoms with van der Waals surface area (Å²) in [5.41, 5.74) is 0.575. The third-order valence-corrected chi connectivity index (χ3v) is 3.26. The van der Waals surface area contributed by atoms with Gasteiger partial charge in [-0.2, -0.15) is 0 Å². The van der Waals surface area contributed by atoms with Crippen LogP contribution < -0.4 is 5.32 Å². The fraction of sp³-hybridized carbons (Fsp3) is 0.571. The van der Waals surface area contributed by atoms with E-state index in [4.69, 9.17) is 11.6 Å². The molecule has 0 fully saturated rings. The van der Waals surface area contributed by atoms with Crippen LogP contribution in [0.2, 0.25) is 5.02 Å². The van der Waals surface area contributed by atoms with Crippen LogP contribution in [0.15, 0.2) is 18.2 Å². The summed E-state index contributed by atoms with van der Waals surface area (Å²) in [7, 11) is 0. The summed E-state index contributed by atoms with van der Waals surface area (Å²) in [5, 5.41) is 3.90. The van der Waals surface area contributed by atoms with Gasteiger partial charge in [0, 0.05) is 23.2 Å².